The summed E-state index contributed by atoms with van der Waals surface area (Å²) >= 11 is 13.9. The topological polar surface area (TPSA) is 97.8 Å². The van der Waals surface area contributed by atoms with E-state index in [0.29, 0.717) is 22.1 Å². The monoisotopic (exact) mass is 590 g/mol. The first-order valence-corrected chi connectivity index (χ1v) is 14.2. The standard InChI is InChI=1S/C29H32Cl2N2O5S/c1-5-6-7-8-12-25(37-3)20-11-9-10-19(26(20)38-4)24-16-39-29(32-24)33-27(34)18-14-22(30)21(23(31)15-18)13-17(2)28(35)36/h9-11,13-16,25H,5-8,12H2,1-4H3,(H,35,36)(H,32,33,34)/t25-/m0/s1. The number of ether oxygens (including phenoxy) is 2. The summed E-state index contributed by atoms with van der Waals surface area (Å²) in [5.74, 6) is -0.838. The Morgan fingerprint density at radius 2 is 1.87 bits per heavy atom. The molecule has 1 heterocycles. The molecule has 7 nitrogen and oxygen atoms in total. The average Bonchev–Trinajstić information content (AvgIpc) is 3.38. The molecule has 0 fully saturated rings. The molecule has 1 aromatic heterocycles. The van der Waals surface area contributed by atoms with Gasteiger partial charge in [0, 0.05) is 40.3 Å². The lowest BCUT2D eigenvalue weighted by atomic mass is 9.98. The molecule has 0 aliphatic heterocycles. The summed E-state index contributed by atoms with van der Waals surface area (Å²) in [7, 11) is 3.34. The number of aromatic nitrogens is 1. The fourth-order valence-electron chi connectivity index (χ4n) is 4.15. The Bertz CT molecular complexity index is 1330. The minimum absolute atomic E-state index is 0.0686. The number of thiazole rings is 1. The van der Waals surface area contributed by atoms with E-state index in [2.05, 4.69) is 17.2 Å². The Hall–Kier alpha value is -2.91. The molecule has 0 saturated heterocycles. The van der Waals surface area contributed by atoms with Crippen molar-refractivity contribution in [3.8, 4) is 17.0 Å². The van der Waals surface area contributed by atoms with Gasteiger partial charge in [0.15, 0.2) is 5.13 Å². The predicted molar refractivity (Wildman–Crippen MR) is 158 cm³/mol. The zero-order valence-electron chi connectivity index (χ0n) is 22.3. The van der Waals surface area contributed by atoms with E-state index in [1.807, 2.05) is 23.6 Å². The number of nitrogens with zero attached hydrogens (tertiary/aromatic N) is 1. The molecule has 2 N–H and O–H groups in total. The molecule has 0 unspecified atom stereocenters. The van der Waals surface area contributed by atoms with Crippen LogP contribution >= 0.6 is 34.5 Å². The minimum atomic E-state index is -1.09. The summed E-state index contributed by atoms with van der Waals surface area (Å²) in [5.41, 5.74) is 3.05. The van der Waals surface area contributed by atoms with Gasteiger partial charge in [-0.3, -0.25) is 10.1 Å². The van der Waals surface area contributed by atoms with Crippen LogP contribution in [0.4, 0.5) is 5.13 Å². The van der Waals surface area contributed by atoms with E-state index in [-0.39, 0.29) is 27.3 Å². The zero-order valence-corrected chi connectivity index (χ0v) is 24.7. The number of amides is 1. The molecule has 0 radical (unpaired) electrons. The highest BCUT2D eigenvalue weighted by atomic mass is 35.5. The van der Waals surface area contributed by atoms with E-state index in [9.17, 15) is 9.59 Å². The van der Waals surface area contributed by atoms with Gasteiger partial charge in [-0.15, -0.1) is 11.3 Å². The summed E-state index contributed by atoms with van der Waals surface area (Å²) in [6, 6.07) is 8.77. The maximum Gasteiger partial charge on any atom is 0.331 e. The molecule has 39 heavy (non-hydrogen) atoms. The van der Waals surface area contributed by atoms with E-state index in [0.717, 1.165) is 30.4 Å². The van der Waals surface area contributed by atoms with Gasteiger partial charge in [-0.1, -0.05) is 67.9 Å². The summed E-state index contributed by atoms with van der Waals surface area (Å²) in [6.07, 6.45) is 6.76. The van der Waals surface area contributed by atoms with Crippen molar-refractivity contribution >= 4 is 57.6 Å². The van der Waals surface area contributed by atoms with Crippen molar-refractivity contribution < 1.29 is 24.2 Å². The third-order valence-electron chi connectivity index (χ3n) is 6.24. The number of carbonyl (C=O) groups excluding carboxylic acids is 1. The number of methoxy groups -OCH3 is 2. The zero-order chi connectivity index (χ0) is 28.5. The molecule has 0 spiro atoms. The van der Waals surface area contributed by atoms with Crippen molar-refractivity contribution in [1.82, 2.24) is 4.98 Å². The first kappa shape index (κ1) is 30.6. The number of halogens is 2. The van der Waals surface area contributed by atoms with Crippen molar-refractivity contribution in [1.29, 1.82) is 0 Å². The van der Waals surface area contributed by atoms with Gasteiger partial charge in [0.1, 0.15) is 5.75 Å². The molecular formula is C29H32Cl2N2O5S. The molecule has 0 aliphatic rings. The number of nitrogens with one attached hydrogen (secondary N) is 1. The summed E-state index contributed by atoms with van der Waals surface area (Å²) < 4.78 is 11.6. The third kappa shape index (κ3) is 7.82. The number of carboxylic acid groups (broad SMARTS) is 1. The molecule has 3 aromatic rings. The van der Waals surface area contributed by atoms with Crippen LogP contribution in [0.15, 0.2) is 41.3 Å². The van der Waals surface area contributed by atoms with Gasteiger partial charge in [-0.05, 0) is 37.6 Å². The lowest BCUT2D eigenvalue weighted by molar-refractivity contribution is -0.132. The number of para-hydroxylation sites is 1. The molecular weight excluding hydrogens is 559 g/mol. The molecule has 208 valence electrons. The number of aliphatic carboxylic acids is 1. The number of hydrogen-bond acceptors (Lipinski definition) is 6. The summed E-state index contributed by atoms with van der Waals surface area (Å²) in [5, 5.41) is 14.5. The Labute approximate surface area is 242 Å². The van der Waals surface area contributed by atoms with Crippen LogP contribution in [0.3, 0.4) is 0 Å². The fraction of sp³-hybridized carbons (Fsp3) is 0.345. The molecule has 10 heteroatoms. The number of carboxylic acids is 1. The second-order valence-electron chi connectivity index (χ2n) is 8.98. The summed E-state index contributed by atoms with van der Waals surface area (Å²) in [6.45, 7) is 3.62. The van der Waals surface area contributed by atoms with E-state index in [4.69, 9.17) is 37.8 Å². The number of carbonyl (C=O) groups is 2. The Morgan fingerprint density at radius 1 is 1.15 bits per heavy atom. The molecule has 2 aromatic carbocycles. The largest absolute Gasteiger partial charge is 0.496 e. The smallest absolute Gasteiger partial charge is 0.331 e. The first-order valence-electron chi connectivity index (χ1n) is 12.6. The van der Waals surface area contributed by atoms with Crippen molar-refractivity contribution in [3.63, 3.8) is 0 Å². The van der Waals surface area contributed by atoms with Gasteiger partial charge in [-0.25, -0.2) is 9.78 Å². The van der Waals surface area contributed by atoms with Crippen molar-refractivity contribution in [2.75, 3.05) is 19.5 Å². The van der Waals surface area contributed by atoms with Crippen molar-refractivity contribution in [2.24, 2.45) is 0 Å². The Morgan fingerprint density at radius 3 is 2.49 bits per heavy atom. The number of benzene rings is 2. The molecule has 1 atom stereocenters. The van der Waals surface area contributed by atoms with Crippen molar-refractivity contribution in [3.05, 3.63) is 68.0 Å². The van der Waals surface area contributed by atoms with Crippen LogP contribution in [0.2, 0.25) is 10.0 Å². The first-order chi connectivity index (χ1) is 18.7. The van der Waals surface area contributed by atoms with Crippen LogP contribution in [0.25, 0.3) is 17.3 Å². The average molecular weight is 592 g/mol. The highest BCUT2D eigenvalue weighted by Gasteiger charge is 2.21. The molecule has 3 rings (SSSR count). The second-order valence-corrected chi connectivity index (χ2v) is 10.7. The Kier molecular flexibility index (Phi) is 11.4. The number of hydrogen-bond donors (Lipinski definition) is 2. The number of anilines is 1. The molecule has 1 amide bonds. The maximum absolute atomic E-state index is 12.9. The normalized spacial score (nSPS) is 12.3. The van der Waals surface area contributed by atoms with E-state index < -0.39 is 11.9 Å². The fourth-order valence-corrected chi connectivity index (χ4v) is 5.45. The van der Waals surface area contributed by atoms with Crippen LogP contribution in [-0.2, 0) is 9.53 Å². The van der Waals surface area contributed by atoms with Gasteiger partial charge < -0.3 is 14.6 Å². The lowest BCUT2D eigenvalue weighted by Gasteiger charge is -2.20. The number of rotatable bonds is 13. The summed E-state index contributed by atoms with van der Waals surface area (Å²) in [4.78, 5) is 28.7. The third-order valence-corrected chi connectivity index (χ3v) is 7.62. The molecule has 0 aliphatic carbocycles. The van der Waals surface area contributed by atoms with E-state index in [1.54, 1.807) is 14.2 Å². The highest BCUT2D eigenvalue weighted by Crippen LogP contribution is 2.40. The lowest BCUT2D eigenvalue weighted by Crippen LogP contribution is -2.12. The molecule has 0 bridgehead atoms. The van der Waals surface area contributed by atoms with E-state index in [1.165, 1.54) is 49.3 Å². The van der Waals surface area contributed by atoms with Gasteiger partial charge >= 0.3 is 5.97 Å². The van der Waals surface area contributed by atoms with Gasteiger partial charge in [0.05, 0.1) is 29.0 Å². The highest BCUT2D eigenvalue weighted by molar-refractivity contribution is 7.14. The molecule has 0 saturated carbocycles. The van der Waals surface area contributed by atoms with Crippen LogP contribution in [0.5, 0.6) is 5.75 Å². The van der Waals surface area contributed by atoms with Gasteiger partial charge in [0.2, 0.25) is 0 Å². The van der Waals surface area contributed by atoms with E-state index >= 15 is 0 Å². The Balaban J connectivity index is 1.82. The SMILES string of the molecule is CCCCCC[C@H](OC)c1cccc(-c2csc(NC(=O)c3cc(Cl)c(C=C(C)C(=O)O)c(Cl)c3)n2)c1OC. The van der Waals surface area contributed by atoms with Crippen LogP contribution < -0.4 is 10.1 Å². The van der Waals surface area contributed by atoms with Crippen LogP contribution in [0.1, 0.15) is 73.5 Å². The maximum atomic E-state index is 12.9. The number of unbranched alkanes of at least 4 members (excludes halogenated alkanes) is 3. The predicted octanol–water partition coefficient (Wildman–Crippen LogP) is 8.52. The quantitative estimate of drug-likeness (QED) is 0.153. The minimum Gasteiger partial charge on any atom is -0.496 e. The second kappa shape index (κ2) is 14.5. The van der Waals surface area contributed by atoms with Crippen LogP contribution in [0, 0.1) is 0 Å². The van der Waals surface area contributed by atoms with Crippen LogP contribution in [-0.4, -0.2) is 36.2 Å². The van der Waals surface area contributed by atoms with Crippen molar-refractivity contribution in [2.45, 2.75) is 52.1 Å². The van der Waals surface area contributed by atoms with Gasteiger partial charge in [0.25, 0.3) is 5.91 Å². The van der Waals surface area contributed by atoms with Gasteiger partial charge in [-0.2, -0.15) is 0 Å².